The first-order valence-electron chi connectivity index (χ1n) is 7.12. The first-order chi connectivity index (χ1) is 9.63. The minimum atomic E-state index is -0.0119. The highest BCUT2D eigenvalue weighted by molar-refractivity contribution is 5.40. The van der Waals surface area contributed by atoms with E-state index in [0.717, 1.165) is 29.0 Å². The van der Waals surface area contributed by atoms with Gasteiger partial charge in [-0.25, -0.2) is 0 Å². The molecule has 20 heavy (non-hydrogen) atoms. The number of aryl methyl sites for hydroxylation is 1. The van der Waals surface area contributed by atoms with E-state index in [2.05, 4.69) is 26.0 Å². The lowest BCUT2D eigenvalue weighted by Crippen LogP contribution is -1.94. The van der Waals surface area contributed by atoms with Crippen LogP contribution in [-0.4, -0.2) is 5.11 Å². The summed E-state index contributed by atoms with van der Waals surface area (Å²) in [4.78, 5) is 0. The van der Waals surface area contributed by atoms with E-state index >= 15 is 0 Å². The van der Waals surface area contributed by atoms with E-state index in [1.807, 2.05) is 37.3 Å². The van der Waals surface area contributed by atoms with Crippen molar-refractivity contribution in [2.75, 3.05) is 0 Å². The van der Waals surface area contributed by atoms with E-state index < -0.39 is 0 Å². The van der Waals surface area contributed by atoms with E-state index in [0.29, 0.717) is 5.92 Å². The number of benzene rings is 2. The van der Waals surface area contributed by atoms with Crippen LogP contribution in [0.25, 0.3) is 0 Å². The molecular weight excluding hydrogens is 248 g/mol. The van der Waals surface area contributed by atoms with Gasteiger partial charge in [-0.05, 0) is 43.0 Å². The number of aliphatic hydroxyl groups is 1. The highest BCUT2D eigenvalue weighted by Crippen LogP contribution is 2.28. The van der Waals surface area contributed by atoms with Crippen LogP contribution in [0.3, 0.4) is 0 Å². The van der Waals surface area contributed by atoms with E-state index in [1.165, 1.54) is 5.56 Å². The first-order valence-corrected chi connectivity index (χ1v) is 7.12. The number of aliphatic hydroxyl groups excluding tert-OH is 1. The van der Waals surface area contributed by atoms with Crippen molar-refractivity contribution in [3.05, 3.63) is 59.2 Å². The Bertz CT molecular complexity index is 558. The monoisotopic (exact) mass is 270 g/mol. The van der Waals surface area contributed by atoms with Crippen LogP contribution in [-0.2, 0) is 6.61 Å². The number of rotatable bonds is 5. The Morgan fingerprint density at radius 1 is 1.10 bits per heavy atom. The molecular formula is C18H22O2. The summed E-state index contributed by atoms with van der Waals surface area (Å²) in [6, 6.07) is 14.0. The Balaban J connectivity index is 2.18. The molecule has 0 radical (unpaired) electrons. The fourth-order valence-corrected chi connectivity index (χ4v) is 2.16. The highest BCUT2D eigenvalue weighted by Gasteiger charge is 2.06. The van der Waals surface area contributed by atoms with Gasteiger partial charge < -0.3 is 9.84 Å². The molecule has 0 aromatic heterocycles. The SMILES string of the molecule is CCC(C)c1ccc(Oc2ccc(C)cc2CO)cc1. The van der Waals surface area contributed by atoms with Crippen LogP contribution in [0, 0.1) is 6.92 Å². The fourth-order valence-electron chi connectivity index (χ4n) is 2.16. The van der Waals surface area contributed by atoms with Crippen molar-refractivity contribution >= 4 is 0 Å². The fraction of sp³-hybridized carbons (Fsp3) is 0.333. The summed E-state index contributed by atoms with van der Waals surface area (Å²) >= 11 is 0. The van der Waals surface area contributed by atoms with Gasteiger partial charge in [0.1, 0.15) is 11.5 Å². The van der Waals surface area contributed by atoms with E-state index in [4.69, 9.17) is 4.74 Å². The molecule has 0 saturated heterocycles. The minimum absolute atomic E-state index is 0.0119. The summed E-state index contributed by atoms with van der Waals surface area (Å²) in [5, 5.41) is 9.39. The van der Waals surface area contributed by atoms with Crippen molar-refractivity contribution in [2.45, 2.75) is 39.7 Å². The number of hydrogen-bond donors (Lipinski definition) is 1. The van der Waals surface area contributed by atoms with E-state index in [1.54, 1.807) is 0 Å². The number of hydrogen-bond acceptors (Lipinski definition) is 2. The summed E-state index contributed by atoms with van der Waals surface area (Å²) in [6.07, 6.45) is 1.13. The Morgan fingerprint density at radius 2 is 1.80 bits per heavy atom. The lowest BCUT2D eigenvalue weighted by atomic mass is 9.99. The third-order valence-electron chi connectivity index (χ3n) is 3.68. The maximum Gasteiger partial charge on any atom is 0.132 e. The predicted octanol–water partition coefficient (Wildman–Crippen LogP) is 4.79. The van der Waals surface area contributed by atoms with Gasteiger partial charge in [0.05, 0.1) is 6.61 Å². The Morgan fingerprint density at radius 3 is 2.40 bits per heavy atom. The molecule has 0 spiro atoms. The molecule has 0 bridgehead atoms. The molecule has 0 saturated carbocycles. The van der Waals surface area contributed by atoms with Crippen molar-refractivity contribution < 1.29 is 9.84 Å². The summed E-state index contributed by atoms with van der Waals surface area (Å²) < 4.78 is 5.86. The van der Waals surface area contributed by atoms with Crippen molar-refractivity contribution in [3.63, 3.8) is 0 Å². The van der Waals surface area contributed by atoms with Gasteiger partial charge in [-0.15, -0.1) is 0 Å². The average Bonchev–Trinajstić information content (AvgIpc) is 2.49. The molecule has 1 unspecified atom stereocenters. The smallest absolute Gasteiger partial charge is 0.132 e. The van der Waals surface area contributed by atoms with Crippen molar-refractivity contribution in [3.8, 4) is 11.5 Å². The molecule has 0 aliphatic rings. The largest absolute Gasteiger partial charge is 0.457 e. The molecule has 0 aliphatic carbocycles. The zero-order valence-electron chi connectivity index (χ0n) is 12.4. The van der Waals surface area contributed by atoms with Crippen molar-refractivity contribution in [1.82, 2.24) is 0 Å². The molecule has 0 heterocycles. The summed E-state index contributed by atoms with van der Waals surface area (Å²) in [5.74, 6) is 2.08. The molecule has 2 rings (SSSR count). The van der Waals surface area contributed by atoms with Crippen LogP contribution in [0.15, 0.2) is 42.5 Å². The number of ether oxygens (including phenoxy) is 1. The predicted molar refractivity (Wildman–Crippen MR) is 82.3 cm³/mol. The van der Waals surface area contributed by atoms with Gasteiger partial charge in [-0.2, -0.15) is 0 Å². The Hall–Kier alpha value is -1.80. The minimum Gasteiger partial charge on any atom is -0.457 e. The molecule has 1 atom stereocenters. The topological polar surface area (TPSA) is 29.5 Å². The van der Waals surface area contributed by atoms with Gasteiger partial charge in [0.15, 0.2) is 0 Å². The molecule has 0 aliphatic heterocycles. The maximum atomic E-state index is 9.39. The molecule has 0 amide bonds. The summed E-state index contributed by atoms with van der Waals surface area (Å²) in [7, 11) is 0. The normalized spacial score (nSPS) is 12.2. The summed E-state index contributed by atoms with van der Waals surface area (Å²) in [5.41, 5.74) is 3.26. The van der Waals surface area contributed by atoms with Gasteiger partial charge in [0, 0.05) is 5.56 Å². The van der Waals surface area contributed by atoms with E-state index in [9.17, 15) is 5.11 Å². The second kappa shape index (κ2) is 6.58. The first kappa shape index (κ1) is 14.6. The van der Waals surface area contributed by atoms with Crippen LogP contribution in [0.2, 0.25) is 0 Å². The third-order valence-corrected chi connectivity index (χ3v) is 3.68. The third kappa shape index (κ3) is 3.40. The maximum absolute atomic E-state index is 9.39. The zero-order valence-corrected chi connectivity index (χ0v) is 12.4. The molecule has 106 valence electrons. The van der Waals surface area contributed by atoms with Crippen LogP contribution >= 0.6 is 0 Å². The summed E-state index contributed by atoms with van der Waals surface area (Å²) in [6.45, 7) is 6.40. The van der Waals surface area contributed by atoms with Gasteiger partial charge in [0.25, 0.3) is 0 Å². The second-order valence-electron chi connectivity index (χ2n) is 5.25. The van der Waals surface area contributed by atoms with Gasteiger partial charge in [-0.1, -0.05) is 43.7 Å². The molecule has 2 aromatic rings. The lowest BCUT2D eigenvalue weighted by Gasteiger charge is -2.12. The molecule has 2 aromatic carbocycles. The lowest BCUT2D eigenvalue weighted by molar-refractivity contribution is 0.276. The second-order valence-corrected chi connectivity index (χ2v) is 5.25. The standard InChI is InChI=1S/C18H22O2/c1-4-14(3)15-6-8-17(9-7-15)20-18-10-5-13(2)11-16(18)12-19/h5-11,14,19H,4,12H2,1-3H3. The molecule has 1 N–H and O–H groups in total. The highest BCUT2D eigenvalue weighted by atomic mass is 16.5. The van der Waals surface area contributed by atoms with Crippen molar-refractivity contribution in [2.24, 2.45) is 0 Å². The van der Waals surface area contributed by atoms with Crippen LogP contribution in [0.1, 0.15) is 42.9 Å². The van der Waals surface area contributed by atoms with Crippen LogP contribution in [0.5, 0.6) is 11.5 Å². The Kier molecular flexibility index (Phi) is 4.80. The quantitative estimate of drug-likeness (QED) is 0.846. The van der Waals surface area contributed by atoms with Crippen molar-refractivity contribution in [1.29, 1.82) is 0 Å². The van der Waals surface area contributed by atoms with Crippen LogP contribution < -0.4 is 4.74 Å². The Labute approximate surface area is 121 Å². The molecule has 0 fully saturated rings. The average molecular weight is 270 g/mol. The van der Waals surface area contributed by atoms with Gasteiger partial charge in [-0.3, -0.25) is 0 Å². The van der Waals surface area contributed by atoms with E-state index in [-0.39, 0.29) is 6.61 Å². The zero-order chi connectivity index (χ0) is 14.5. The van der Waals surface area contributed by atoms with Crippen LogP contribution in [0.4, 0.5) is 0 Å². The molecule has 2 nitrogen and oxygen atoms in total. The van der Waals surface area contributed by atoms with Gasteiger partial charge >= 0.3 is 0 Å². The molecule has 2 heteroatoms. The van der Waals surface area contributed by atoms with Gasteiger partial charge in [0.2, 0.25) is 0 Å².